The van der Waals surface area contributed by atoms with Gasteiger partial charge in [0.2, 0.25) is 5.95 Å². The highest BCUT2D eigenvalue weighted by atomic mass is 16.4. The Morgan fingerprint density at radius 2 is 1.83 bits per heavy atom. The fourth-order valence-electron chi connectivity index (χ4n) is 3.70. The highest BCUT2D eigenvalue weighted by molar-refractivity contribution is 5.75. The molecule has 0 radical (unpaired) electrons. The number of hydrogen-bond donors (Lipinski definition) is 2. The van der Waals surface area contributed by atoms with Crippen molar-refractivity contribution in [3.8, 4) is 0 Å². The Kier molecular flexibility index (Phi) is 4.46. The second-order valence-electron chi connectivity index (χ2n) is 7.53. The molecule has 0 atom stereocenters. The van der Waals surface area contributed by atoms with Crippen molar-refractivity contribution in [2.24, 2.45) is 0 Å². The van der Waals surface area contributed by atoms with Crippen molar-refractivity contribution in [3.05, 3.63) is 47.0 Å². The molecule has 5 rings (SSSR count). The number of pyridine rings is 2. The van der Waals surface area contributed by atoms with Gasteiger partial charge in [0, 0.05) is 49.9 Å². The first-order valence-corrected chi connectivity index (χ1v) is 9.93. The number of carbonyl (C=O) groups is 1. The van der Waals surface area contributed by atoms with Gasteiger partial charge in [-0.3, -0.25) is 9.36 Å². The SMILES string of the molecule is O=C(O)N1CCN(c2ccc(Nc3ncc4ccc(=O)n(C5CC5)c4n3)nc2)CC1. The van der Waals surface area contributed by atoms with Gasteiger partial charge < -0.3 is 20.2 Å². The fraction of sp³-hybridized carbons (Fsp3) is 0.350. The summed E-state index contributed by atoms with van der Waals surface area (Å²) in [6.45, 7) is 2.21. The number of nitrogens with one attached hydrogen (secondary N) is 1. The van der Waals surface area contributed by atoms with Gasteiger partial charge in [0.1, 0.15) is 11.5 Å². The van der Waals surface area contributed by atoms with Crippen LogP contribution in [0.15, 0.2) is 41.5 Å². The maximum Gasteiger partial charge on any atom is 0.407 e. The van der Waals surface area contributed by atoms with E-state index in [0.717, 1.165) is 23.9 Å². The number of piperazine rings is 1. The molecule has 0 spiro atoms. The van der Waals surface area contributed by atoms with E-state index < -0.39 is 6.09 Å². The van der Waals surface area contributed by atoms with Gasteiger partial charge in [0.25, 0.3) is 5.56 Å². The zero-order valence-electron chi connectivity index (χ0n) is 16.2. The lowest BCUT2D eigenvalue weighted by molar-refractivity contribution is 0.142. The summed E-state index contributed by atoms with van der Waals surface area (Å²) >= 11 is 0. The zero-order valence-corrected chi connectivity index (χ0v) is 16.2. The van der Waals surface area contributed by atoms with Crippen LogP contribution >= 0.6 is 0 Å². The van der Waals surface area contributed by atoms with E-state index in [1.54, 1.807) is 29.1 Å². The third kappa shape index (κ3) is 3.51. The van der Waals surface area contributed by atoms with Crippen molar-refractivity contribution < 1.29 is 9.90 Å². The quantitative estimate of drug-likeness (QED) is 0.675. The van der Waals surface area contributed by atoms with Gasteiger partial charge in [-0.2, -0.15) is 4.98 Å². The first-order chi connectivity index (χ1) is 14.6. The van der Waals surface area contributed by atoms with Gasteiger partial charge in [-0.1, -0.05) is 0 Å². The highest BCUT2D eigenvalue weighted by Gasteiger charge is 2.26. The standard InChI is InChI=1S/C20H21N7O3/c28-17-6-1-13-11-22-19(24-18(13)27(17)14-2-3-14)23-16-5-4-15(12-21-16)25-7-9-26(10-8-25)20(29)30/h1,4-6,11-12,14H,2-3,7-10H2,(H,29,30)(H,21,22,23,24). The number of nitrogens with zero attached hydrogens (tertiary/aromatic N) is 6. The van der Waals surface area contributed by atoms with Crippen LogP contribution in [0.2, 0.25) is 0 Å². The Morgan fingerprint density at radius 1 is 1.03 bits per heavy atom. The molecule has 10 heteroatoms. The minimum Gasteiger partial charge on any atom is -0.465 e. The summed E-state index contributed by atoms with van der Waals surface area (Å²) in [6.07, 6.45) is 4.57. The topological polar surface area (TPSA) is 116 Å². The van der Waals surface area contributed by atoms with E-state index in [9.17, 15) is 9.59 Å². The summed E-state index contributed by atoms with van der Waals surface area (Å²) in [7, 11) is 0. The minimum atomic E-state index is -0.880. The number of anilines is 3. The molecule has 2 fully saturated rings. The molecule has 10 nitrogen and oxygen atoms in total. The summed E-state index contributed by atoms with van der Waals surface area (Å²) in [5.41, 5.74) is 1.53. The van der Waals surface area contributed by atoms with Gasteiger partial charge in [-0.05, 0) is 31.0 Å². The lowest BCUT2D eigenvalue weighted by Gasteiger charge is -2.34. The Hall–Kier alpha value is -3.69. The summed E-state index contributed by atoms with van der Waals surface area (Å²) < 4.78 is 1.75. The molecule has 4 heterocycles. The summed E-state index contributed by atoms with van der Waals surface area (Å²) in [5.74, 6) is 0.983. The molecule has 1 saturated carbocycles. The van der Waals surface area contributed by atoms with E-state index in [0.29, 0.717) is 43.6 Å². The normalized spacial score (nSPS) is 16.7. The predicted octanol–water partition coefficient (Wildman–Crippen LogP) is 2.06. The maximum atomic E-state index is 12.3. The van der Waals surface area contributed by atoms with Crippen molar-refractivity contribution in [3.63, 3.8) is 0 Å². The molecule has 2 N–H and O–H groups in total. The first-order valence-electron chi connectivity index (χ1n) is 9.93. The van der Waals surface area contributed by atoms with E-state index >= 15 is 0 Å². The number of fused-ring (bicyclic) bond motifs is 1. The Bertz CT molecular complexity index is 1150. The average molecular weight is 407 g/mol. The molecule has 1 amide bonds. The van der Waals surface area contributed by atoms with Crippen LogP contribution in [0.1, 0.15) is 18.9 Å². The van der Waals surface area contributed by atoms with Crippen molar-refractivity contribution in [1.82, 2.24) is 24.4 Å². The smallest absolute Gasteiger partial charge is 0.407 e. The third-order valence-electron chi connectivity index (χ3n) is 5.48. The van der Waals surface area contributed by atoms with E-state index in [4.69, 9.17) is 5.11 Å². The molecule has 3 aromatic rings. The Labute approximate surface area is 171 Å². The lowest BCUT2D eigenvalue weighted by atomic mass is 10.3. The Morgan fingerprint density at radius 3 is 2.50 bits per heavy atom. The van der Waals surface area contributed by atoms with Gasteiger partial charge in [-0.25, -0.2) is 14.8 Å². The molecule has 154 valence electrons. The number of aromatic nitrogens is 4. The second-order valence-corrected chi connectivity index (χ2v) is 7.53. The van der Waals surface area contributed by atoms with E-state index in [-0.39, 0.29) is 11.6 Å². The molecule has 0 aromatic carbocycles. The van der Waals surface area contributed by atoms with Crippen molar-refractivity contribution >= 4 is 34.6 Å². The van der Waals surface area contributed by atoms with Crippen LogP contribution < -0.4 is 15.8 Å². The van der Waals surface area contributed by atoms with Gasteiger partial charge in [0.05, 0.1) is 11.9 Å². The van der Waals surface area contributed by atoms with Crippen LogP contribution in [0.4, 0.5) is 22.2 Å². The molecular weight excluding hydrogens is 386 g/mol. The van der Waals surface area contributed by atoms with Crippen LogP contribution in [-0.4, -0.2) is 61.8 Å². The number of hydrogen-bond acceptors (Lipinski definition) is 7. The lowest BCUT2D eigenvalue weighted by Crippen LogP contribution is -2.48. The van der Waals surface area contributed by atoms with Gasteiger partial charge in [-0.15, -0.1) is 0 Å². The summed E-state index contributed by atoms with van der Waals surface area (Å²) in [4.78, 5) is 40.2. The molecule has 1 saturated heterocycles. The van der Waals surface area contributed by atoms with Crippen LogP contribution in [0.25, 0.3) is 11.0 Å². The number of rotatable bonds is 4. The maximum absolute atomic E-state index is 12.3. The molecule has 2 aliphatic rings. The molecule has 0 bridgehead atoms. The molecule has 1 aliphatic carbocycles. The largest absolute Gasteiger partial charge is 0.465 e. The summed E-state index contributed by atoms with van der Waals surface area (Å²) in [5, 5.41) is 13.0. The van der Waals surface area contributed by atoms with Gasteiger partial charge >= 0.3 is 6.09 Å². The number of amides is 1. The average Bonchev–Trinajstić information content (AvgIpc) is 3.59. The molecular formula is C20H21N7O3. The number of carboxylic acid groups (broad SMARTS) is 1. The highest BCUT2D eigenvalue weighted by Crippen LogP contribution is 2.35. The minimum absolute atomic E-state index is 0.0416. The van der Waals surface area contributed by atoms with Crippen molar-refractivity contribution in [1.29, 1.82) is 0 Å². The molecule has 30 heavy (non-hydrogen) atoms. The van der Waals surface area contributed by atoms with E-state index in [1.165, 1.54) is 4.90 Å². The van der Waals surface area contributed by atoms with Crippen molar-refractivity contribution in [2.75, 3.05) is 36.4 Å². The third-order valence-corrected chi connectivity index (χ3v) is 5.48. The monoisotopic (exact) mass is 407 g/mol. The van der Waals surface area contributed by atoms with Crippen LogP contribution in [-0.2, 0) is 0 Å². The predicted molar refractivity (Wildman–Crippen MR) is 111 cm³/mol. The second kappa shape index (κ2) is 7.29. The molecule has 3 aromatic heterocycles. The summed E-state index contributed by atoms with van der Waals surface area (Å²) in [6, 6.07) is 7.31. The van der Waals surface area contributed by atoms with Crippen LogP contribution in [0.5, 0.6) is 0 Å². The van der Waals surface area contributed by atoms with Crippen LogP contribution in [0, 0.1) is 0 Å². The fourth-order valence-corrected chi connectivity index (χ4v) is 3.70. The Balaban J connectivity index is 1.33. The van der Waals surface area contributed by atoms with Crippen LogP contribution in [0.3, 0.4) is 0 Å². The van der Waals surface area contributed by atoms with Crippen molar-refractivity contribution in [2.45, 2.75) is 18.9 Å². The van der Waals surface area contributed by atoms with Gasteiger partial charge in [0.15, 0.2) is 0 Å². The van der Waals surface area contributed by atoms with E-state index in [1.807, 2.05) is 12.1 Å². The molecule has 0 unspecified atom stereocenters. The van der Waals surface area contributed by atoms with E-state index in [2.05, 4.69) is 25.2 Å². The zero-order chi connectivity index (χ0) is 20.7. The molecule has 1 aliphatic heterocycles. The first kappa shape index (κ1) is 18.3.